The summed E-state index contributed by atoms with van der Waals surface area (Å²) in [6, 6.07) is 0.812. The number of hydrogen-bond acceptors (Lipinski definition) is 3. The van der Waals surface area contributed by atoms with E-state index in [0.29, 0.717) is 12.5 Å². The van der Waals surface area contributed by atoms with Crippen molar-refractivity contribution >= 4 is 5.97 Å². The number of hydrogen-bond donors (Lipinski definition) is 0. The molecule has 3 nitrogen and oxygen atoms in total. The highest BCUT2D eigenvalue weighted by Gasteiger charge is 2.49. The largest absolute Gasteiger partial charge is 0.469 e. The molecule has 4 unspecified atom stereocenters. The number of piperidine rings is 1. The average Bonchev–Trinajstić information content (AvgIpc) is 2.70. The first-order chi connectivity index (χ1) is 9.61. The van der Waals surface area contributed by atoms with Crippen LogP contribution < -0.4 is 0 Å². The third-order valence-corrected chi connectivity index (χ3v) is 5.25. The van der Waals surface area contributed by atoms with Gasteiger partial charge in [0.2, 0.25) is 0 Å². The molecule has 20 heavy (non-hydrogen) atoms. The van der Waals surface area contributed by atoms with E-state index in [1.165, 1.54) is 7.11 Å². The van der Waals surface area contributed by atoms with Gasteiger partial charge in [-0.25, -0.2) is 4.39 Å². The topological polar surface area (TPSA) is 29.5 Å². The normalized spacial score (nSPS) is 40.5. The van der Waals surface area contributed by atoms with Crippen molar-refractivity contribution in [1.82, 2.24) is 4.90 Å². The van der Waals surface area contributed by atoms with Gasteiger partial charge in [-0.05, 0) is 37.8 Å². The van der Waals surface area contributed by atoms with Gasteiger partial charge in [0.05, 0.1) is 13.0 Å². The summed E-state index contributed by atoms with van der Waals surface area (Å²) in [4.78, 5) is 14.6. The van der Waals surface area contributed by atoms with Crippen molar-refractivity contribution in [3.8, 4) is 0 Å². The van der Waals surface area contributed by atoms with Gasteiger partial charge in [-0.2, -0.15) is 0 Å². The van der Waals surface area contributed by atoms with Crippen LogP contribution in [0, 0.1) is 11.8 Å². The first-order valence-electron chi connectivity index (χ1n) is 7.44. The molecule has 0 aromatic heterocycles. The summed E-state index contributed by atoms with van der Waals surface area (Å²) >= 11 is 0. The van der Waals surface area contributed by atoms with E-state index in [-0.39, 0.29) is 23.8 Å². The molecular weight excluding hydrogens is 257 g/mol. The Morgan fingerprint density at radius 2 is 2.25 bits per heavy atom. The number of methoxy groups -OCH3 is 1. The maximum absolute atomic E-state index is 13.2. The van der Waals surface area contributed by atoms with Crippen LogP contribution in [0.15, 0.2) is 23.8 Å². The van der Waals surface area contributed by atoms with Crippen LogP contribution in [0.2, 0.25) is 0 Å². The van der Waals surface area contributed by atoms with Gasteiger partial charge < -0.3 is 4.74 Å². The molecule has 0 radical (unpaired) electrons. The number of rotatable bonds is 2. The molecule has 3 aliphatic rings. The predicted octanol–water partition coefficient (Wildman–Crippen LogP) is 2.48. The van der Waals surface area contributed by atoms with E-state index in [1.807, 2.05) is 12.2 Å². The molecule has 110 valence electrons. The SMILES string of the molecule is COC(=O)C1C2CCC(C[C@@H]1C1=CCC(F)C=C1)N2C. The van der Waals surface area contributed by atoms with E-state index in [4.69, 9.17) is 4.74 Å². The lowest BCUT2D eigenvalue weighted by Crippen LogP contribution is -2.50. The van der Waals surface area contributed by atoms with Gasteiger partial charge in [0, 0.05) is 18.5 Å². The molecule has 4 heteroatoms. The first-order valence-corrected chi connectivity index (χ1v) is 7.44. The number of ether oxygens (including phenoxy) is 1. The molecule has 0 spiro atoms. The van der Waals surface area contributed by atoms with E-state index in [2.05, 4.69) is 11.9 Å². The van der Waals surface area contributed by atoms with E-state index in [1.54, 1.807) is 6.08 Å². The summed E-state index contributed by atoms with van der Waals surface area (Å²) in [5.41, 5.74) is 1.12. The molecule has 0 N–H and O–H groups in total. The fourth-order valence-corrected chi connectivity index (χ4v) is 4.15. The minimum absolute atomic E-state index is 0.115. The van der Waals surface area contributed by atoms with Crippen LogP contribution in [0.25, 0.3) is 0 Å². The Morgan fingerprint density at radius 1 is 1.45 bits per heavy atom. The third-order valence-electron chi connectivity index (χ3n) is 5.25. The monoisotopic (exact) mass is 279 g/mol. The third kappa shape index (κ3) is 2.20. The number of allylic oxidation sites excluding steroid dienone is 4. The van der Waals surface area contributed by atoms with Gasteiger partial charge >= 0.3 is 5.97 Å². The van der Waals surface area contributed by atoms with Crippen LogP contribution in [-0.2, 0) is 9.53 Å². The van der Waals surface area contributed by atoms with E-state index in [0.717, 1.165) is 24.8 Å². The Labute approximate surface area is 119 Å². The number of alkyl halides is 1. The van der Waals surface area contributed by atoms with Crippen LogP contribution in [0.4, 0.5) is 4.39 Å². The zero-order valence-corrected chi connectivity index (χ0v) is 12.1. The van der Waals surface area contributed by atoms with Crippen LogP contribution in [0.3, 0.4) is 0 Å². The number of fused-ring (bicyclic) bond motifs is 2. The minimum Gasteiger partial charge on any atom is -0.469 e. The standard InChI is InChI=1S/C16H22FNO2/c1-18-12-7-8-14(18)15(16(19)20-2)13(9-12)10-3-5-11(17)6-4-10/h3-5,11-15H,6-9H2,1-2H3/t11?,12?,13-,14?,15?/m1/s1. The minimum atomic E-state index is -0.877. The quantitative estimate of drug-likeness (QED) is 0.727. The fourth-order valence-electron chi connectivity index (χ4n) is 4.15. The molecule has 2 aliphatic heterocycles. The lowest BCUT2D eigenvalue weighted by atomic mass is 9.74. The van der Waals surface area contributed by atoms with Crippen LogP contribution in [0.5, 0.6) is 0 Å². The van der Waals surface area contributed by atoms with Crippen molar-refractivity contribution in [3.63, 3.8) is 0 Å². The van der Waals surface area contributed by atoms with Crippen molar-refractivity contribution in [2.45, 2.75) is 43.9 Å². The Kier molecular flexibility index (Phi) is 3.67. The van der Waals surface area contributed by atoms with Gasteiger partial charge in [0.1, 0.15) is 6.17 Å². The molecule has 3 rings (SSSR count). The number of halogens is 1. The van der Waals surface area contributed by atoms with Crippen molar-refractivity contribution in [2.75, 3.05) is 14.2 Å². The molecule has 0 aromatic rings. The smallest absolute Gasteiger partial charge is 0.310 e. The lowest BCUT2D eigenvalue weighted by Gasteiger charge is -2.42. The van der Waals surface area contributed by atoms with Crippen molar-refractivity contribution in [3.05, 3.63) is 23.8 Å². The van der Waals surface area contributed by atoms with Gasteiger partial charge in [-0.15, -0.1) is 0 Å². The molecule has 2 fully saturated rings. The zero-order chi connectivity index (χ0) is 14.3. The Balaban J connectivity index is 1.88. The highest BCUT2D eigenvalue weighted by Crippen LogP contribution is 2.45. The Bertz CT molecular complexity index is 459. The number of esters is 1. The Hall–Kier alpha value is -1.16. The van der Waals surface area contributed by atoms with Crippen molar-refractivity contribution < 1.29 is 13.9 Å². The van der Waals surface area contributed by atoms with Gasteiger partial charge in [0.25, 0.3) is 0 Å². The van der Waals surface area contributed by atoms with Crippen LogP contribution in [0.1, 0.15) is 25.7 Å². The second-order valence-electron chi connectivity index (χ2n) is 6.17. The first kappa shape index (κ1) is 13.8. The number of nitrogens with zero attached hydrogens (tertiary/aromatic N) is 1. The lowest BCUT2D eigenvalue weighted by molar-refractivity contribution is -0.151. The van der Waals surface area contributed by atoms with E-state index in [9.17, 15) is 9.18 Å². The maximum Gasteiger partial charge on any atom is 0.310 e. The van der Waals surface area contributed by atoms with E-state index < -0.39 is 6.17 Å². The highest BCUT2D eigenvalue weighted by molar-refractivity contribution is 5.74. The summed E-state index contributed by atoms with van der Waals surface area (Å²) < 4.78 is 18.3. The summed E-state index contributed by atoms with van der Waals surface area (Å²) in [5.74, 6) is -0.0559. The predicted molar refractivity (Wildman–Crippen MR) is 74.9 cm³/mol. The van der Waals surface area contributed by atoms with Crippen LogP contribution >= 0.6 is 0 Å². The number of carbonyl (C=O) groups is 1. The van der Waals surface area contributed by atoms with Gasteiger partial charge in [-0.3, -0.25) is 9.69 Å². The molecule has 0 saturated carbocycles. The summed E-state index contributed by atoms with van der Waals surface area (Å²) in [6.45, 7) is 0. The van der Waals surface area contributed by atoms with Crippen molar-refractivity contribution in [2.24, 2.45) is 11.8 Å². The Morgan fingerprint density at radius 3 is 2.90 bits per heavy atom. The highest BCUT2D eigenvalue weighted by atomic mass is 19.1. The second kappa shape index (κ2) is 5.32. The molecule has 2 saturated heterocycles. The summed E-state index contributed by atoms with van der Waals surface area (Å²) in [5, 5.41) is 0. The van der Waals surface area contributed by atoms with Crippen molar-refractivity contribution in [1.29, 1.82) is 0 Å². The molecule has 0 aromatic carbocycles. The van der Waals surface area contributed by atoms with Crippen LogP contribution in [-0.4, -0.2) is 43.3 Å². The molecule has 0 amide bonds. The molecule has 2 heterocycles. The van der Waals surface area contributed by atoms with Gasteiger partial charge in [-0.1, -0.05) is 18.2 Å². The van der Waals surface area contributed by atoms with Gasteiger partial charge in [0.15, 0.2) is 0 Å². The maximum atomic E-state index is 13.2. The van der Waals surface area contributed by atoms with E-state index >= 15 is 0 Å². The molecule has 2 bridgehead atoms. The second-order valence-corrected chi connectivity index (χ2v) is 6.17. The average molecular weight is 279 g/mol. The zero-order valence-electron chi connectivity index (χ0n) is 12.1. The molecule has 5 atom stereocenters. The molecule has 1 aliphatic carbocycles. The number of carbonyl (C=O) groups excluding carboxylic acids is 1. The summed E-state index contributed by atoms with van der Waals surface area (Å²) in [6.07, 6.45) is 8.19. The molecular formula is C16H22FNO2. The summed E-state index contributed by atoms with van der Waals surface area (Å²) in [7, 11) is 3.57. The fraction of sp³-hybridized carbons (Fsp3) is 0.688.